The van der Waals surface area contributed by atoms with Gasteiger partial charge in [-0.1, -0.05) is 53.5 Å². The Morgan fingerprint density at radius 2 is 1.79 bits per heavy atom. The molecule has 4 rings (SSSR count). The highest BCUT2D eigenvalue weighted by atomic mass is 35.5. The number of rotatable bonds is 6. The summed E-state index contributed by atoms with van der Waals surface area (Å²) in [4.78, 5) is 21.4. The number of halogens is 2. The van der Waals surface area contributed by atoms with Crippen LogP contribution in [0.25, 0.3) is 5.65 Å². The molecule has 5 nitrogen and oxygen atoms in total. The number of hydrogen-bond donors (Lipinski definition) is 0. The van der Waals surface area contributed by atoms with Gasteiger partial charge in [0.1, 0.15) is 0 Å². The molecule has 0 spiro atoms. The highest BCUT2D eigenvalue weighted by molar-refractivity contribution is 6.36. The van der Waals surface area contributed by atoms with Crippen LogP contribution in [0.2, 0.25) is 10.0 Å². The van der Waals surface area contributed by atoms with E-state index < -0.39 is 0 Å². The Morgan fingerprint density at radius 3 is 2.55 bits per heavy atom. The van der Waals surface area contributed by atoms with Gasteiger partial charge in [-0.3, -0.25) is 9.69 Å². The predicted octanol–water partition coefficient (Wildman–Crippen LogP) is 4.31. The molecule has 3 heterocycles. The van der Waals surface area contributed by atoms with Gasteiger partial charge in [-0.2, -0.15) is 0 Å². The second kappa shape index (κ2) is 9.16. The van der Waals surface area contributed by atoms with E-state index in [-0.39, 0.29) is 5.91 Å². The number of aryl methyl sites for hydroxylation is 1. The Bertz CT molecular complexity index is 981. The van der Waals surface area contributed by atoms with Crippen molar-refractivity contribution in [3.63, 3.8) is 0 Å². The van der Waals surface area contributed by atoms with Crippen LogP contribution in [0.4, 0.5) is 0 Å². The number of piperazine rings is 1. The highest BCUT2D eigenvalue weighted by Gasteiger charge is 2.21. The van der Waals surface area contributed by atoms with Crippen molar-refractivity contribution in [1.29, 1.82) is 0 Å². The lowest BCUT2D eigenvalue weighted by Crippen LogP contribution is -2.48. The maximum atomic E-state index is 12.5. The molecule has 0 radical (unpaired) electrons. The van der Waals surface area contributed by atoms with E-state index in [1.807, 2.05) is 39.9 Å². The minimum absolute atomic E-state index is 0.259. The predicted molar refractivity (Wildman–Crippen MR) is 116 cm³/mol. The zero-order valence-corrected chi connectivity index (χ0v) is 17.7. The topological polar surface area (TPSA) is 40.9 Å². The normalized spacial score (nSPS) is 15.2. The molecular formula is C22H24Cl2N4O. The average molecular weight is 431 g/mol. The second-order valence-electron chi connectivity index (χ2n) is 7.47. The summed E-state index contributed by atoms with van der Waals surface area (Å²) in [5.74, 6) is 0.259. The van der Waals surface area contributed by atoms with Crippen LogP contribution >= 0.6 is 23.2 Å². The van der Waals surface area contributed by atoms with E-state index in [2.05, 4.69) is 22.0 Å². The summed E-state index contributed by atoms with van der Waals surface area (Å²) in [6, 6.07) is 12.0. The molecule has 0 unspecified atom stereocenters. The lowest BCUT2D eigenvalue weighted by Gasteiger charge is -2.34. The average Bonchev–Trinajstić information content (AvgIpc) is 3.12. The molecule has 1 aliphatic rings. The van der Waals surface area contributed by atoms with Gasteiger partial charge in [0.05, 0.1) is 15.7 Å². The quantitative estimate of drug-likeness (QED) is 0.584. The standard InChI is InChI=1S/C22H24Cl2N4O/c23-18-13-20(24)22-25-19(16-28(22)14-18)15-26-9-11-27(12-10-26)21(29)8-4-7-17-5-2-1-3-6-17/h1-3,5-6,13-14,16H,4,7-12,15H2. The molecule has 1 saturated heterocycles. The van der Waals surface area contributed by atoms with E-state index >= 15 is 0 Å². The van der Waals surface area contributed by atoms with Crippen molar-refractivity contribution in [2.24, 2.45) is 0 Å². The first-order chi connectivity index (χ1) is 14.1. The minimum atomic E-state index is 0.259. The number of fused-ring (bicyclic) bond motifs is 1. The highest BCUT2D eigenvalue weighted by Crippen LogP contribution is 2.22. The maximum Gasteiger partial charge on any atom is 0.222 e. The zero-order chi connectivity index (χ0) is 20.2. The summed E-state index contributed by atoms with van der Waals surface area (Å²) in [6.45, 7) is 3.99. The van der Waals surface area contributed by atoms with E-state index in [9.17, 15) is 4.79 Å². The Labute approximate surface area is 180 Å². The monoisotopic (exact) mass is 430 g/mol. The number of nitrogens with zero attached hydrogens (tertiary/aromatic N) is 4. The number of hydrogen-bond acceptors (Lipinski definition) is 3. The van der Waals surface area contributed by atoms with Crippen molar-refractivity contribution < 1.29 is 4.79 Å². The number of aromatic nitrogens is 2. The third kappa shape index (κ3) is 5.10. The molecule has 152 valence electrons. The molecule has 0 N–H and O–H groups in total. The summed E-state index contributed by atoms with van der Waals surface area (Å²) in [7, 11) is 0. The van der Waals surface area contributed by atoms with Gasteiger partial charge in [-0.25, -0.2) is 4.98 Å². The van der Waals surface area contributed by atoms with Crippen LogP contribution in [0.15, 0.2) is 48.8 Å². The first-order valence-corrected chi connectivity index (χ1v) is 10.7. The first kappa shape index (κ1) is 20.2. The molecule has 1 aliphatic heterocycles. The molecule has 3 aromatic rings. The van der Waals surface area contributed by atoms with Gasteiger partial charge in [-0.15, -0.1) is 0 Å². The van der Waals surface area contributed by atoms with Crippen LogP contribution in [-0.4, -0.2) is 51.3 Å². The number of pyridine rings is 1. The van der Waals surface area contributed by atoms with E-state index in [1.54, 1.807) is 6.07 Å². The van der Waals surface area contributed by atoms with Crippen molar-refractivity contribution in [2.45, 2.75) is 25.8 Å². The number of carbonyl (C=O) groups excluding carboxylic acids is 1. The van der Waals surface area contributed by atoms with Gasteiger partial charge in [0.25, 0.3) is 0 Å². The first-order valence-electron chi connectivity index (χ1n) is 9.95. The van der Waals surface area contributed by atoms with Crippen LogP contribution in [0.1, 0.15) is 24.1 Å². The fourth-order valence-corrected chi connectivity index (χ4v) is 4.31. The lowest BCUT2D eigenvalue weighted by atomic mass is 10.1. The molecular weight excluding hydrogens is 407 g/mol. The van der Waals surface area contributed by atoms with E-state index in [0.29, 0.717) is 16.5 Å². The van der Waals surface area contributed by atoms with Gasteiger partial charge in [0, 0.05) is 51.5 Å². The fourth-order valence-electron chi connectivity index (χ4n) is 3.78. The molecule has 29 heavy (non-hydrogen) atoms. The maximum absolute atomic E-state index is 12.5. The molecule has 0 atom stereocenters. The van der Waals surface area contributed by atoms with Crippen LogP contribution in [0.5, 0.6) is 0 Å². The minimum Gasteiger partial charge on any atom is -0.340 e. The number of amides is 1. The summed E-state index contributed by atoms with van der Waals surface area (Å²) >= 11 is 12.3. The number of imidazole rings is 1. The van der Waals surface area contributed by atoms with Gasteiger partial charge in [0.2, 0.25) is 5.91 Å². The van der Waals surface area contributed by atoms with Gasteiger partial charge in [0.15, 0.2) is 5.65 Å². The molecule has 0 saturated carbocycles. The van der Waals surface area contributed by atoms with E-state index in [1.165, 1.54) is 5.56 Å². The van der Waals surface area contributed by atoms with Crippen molar-refractivity contribution in [2.75, 3.05) is 26.2 Å². The van der Waals surface area contributed by atoms with Gasteiger partial charge in [-0.05, 0) is 24.5 Å². The summed E-state index contributed by atoms with van der Waals surface area (Å²) < 4.78 is 1.87. The smallest absolute Gasteiger partial charge is 0.222 e. The number of benzene rings is 1. The van der Waals surface area contributed by atoms with Crippen molar-refractivity contribution in [1.82, 2.24) is 19.2 Å². The third-order valence-corrected chi connectivity index (χ3v) is 5.82. The van der Waals surface area contributed by atoms with E-state index in [0.717, 1.165) is 56.9 Å². The molecule has 1 amide bonds. The van der Waals surface area contributed by atoms with Crippen molar-refractivity contribution in [3.8, 4) is 0 Å². The molecule has 2 aromatic heterocycles. The Hall–Kier alpha value is -2.08. The molecule has 1 aromatic carbocycles. The van der Waals surface area contributed by atoms with Crippen LogP contribution < -0.4 is 0 Å². The van der Waals surface area contributed by atoms with Gasteiger partial charge < -0.3 is 9.30 Å². The van der Waals surface area contributed by atoms with E-state index in [4.69, 9.17) is 23.2 Å². The van der Waals surface area contributed by atoms with Crippen molar-refractivity contribution in [3.05, 3.63) is 70.1 Å². The zero-order valence-electron chi connectivity index (χ0n) is 16.2. The third-order valence-electron chi connectivity index (χ3n) is 5.33. The van der Waals surface area contributed by atoms with Crippen LogP contribution in [0, 0.1) is 0 Å². The van der Waals surface area contributed by atoms with Crippen LogP contribution in [-0.2, 0) is 17.8 Å². The molecule has 0 aliphatic carbocycles. The Balaban J connectivity index is 1.25. The molecule has 0 bridgehead atoms. The summed E-state index contributed by atoms with van der Waals surface area (Å²) in [5.41, 5.74) is 2.97. The Kier molecular flexibility index (Phi) is 6.38. The molecule has 1 fully saturated rings. The molecule has 7 heteroatoms. The largest absolute Gasteiger partial charge is 0.340 e. The van der Waals surface area contributed by atoms with Gasteiger partial charge >= 0.3 is 0 Å². The Morgan fingerprint density at radius 1 is 1.03 bits per heavy atom. The van der Waals surface area contributed by atoms with Crippen molar-refractivity contribution >= 4 is 34.8 Å². The summed E-state index contributed by atoms with van der Waals surface area (Å²) in [6.07, 6.45) is 6.24. The second-order valence-corrected chi connectivity index (χ2v) is 8.31. The summed E-state index contributed by atoms with van der Waals surface area (Å²) in [5, 5.41) is 1.14. The van der Waals surface area contributed by atoms with Crippen LogP contribution in [0.3, 0.4) is 0 Å². The fraction of sp³-hybridized carbons (Fsp3) is 0.364. The SMILES string of the molecule is O=C(CCCc1ccccc1)N1CCN(Cc2cn3cc(Cl)cc(Cl)c3n2)CC1. The lowest BCUT2D eigenvalue weighted by molar-refractivity contribution is -0.133. The number of carbonyl (C=O) groups is 1.